The van der Waals surface area contributed by atoms with Crippen LogP contribution in [0.4, 0.5) is 5.69 Å². The summed E-state index contributed by atoms with van der Waals surface area (Å²) in [6.07, 6.45) is 3.29. The van der Waals surface area contributed by atoms with Gasteiger partial charge in [-0.2, -0.15) is 0 Å². The minimum Gasteiger partial charge on any atom is -0.399 e. The number of hydrogen-bond donors (Lipinski definition) is 1. The summed E-state index contributed by atoms with van der Waals surface area (Å²) in [4.78, 5) is 11.7. The molecule has 1 aromatic carbocycles. The van der Waals surface area contributed by atoms with E-state index in [1.165, 1.54) is 6.42 Å². The van der Waals surface area contributed by atoms with E-state index >= 15 is 0 Å². The first-order valence-corrected chi connectivity index (χ1v) is 4.67. The molecule has 1 aliphatic rings. The molecule has 1 saturated carbocycles. The largest absolute Gasteiger partial charge is 0.399 e. The number of Topliss-reactive ketones (excluding diaryl/α,β-unsaturated/α-hetero) is 1. The van der Waals surface area contributed by atoms with Gasteiger partial charge in [0.15, 0.2) is 5.78 Å². The summed E-state index contributed by atoms with van der Waals surface area (Å²) < 4.78 is 0. The molecule has 2 rings (SSSR count). The Kier molecular flexibility index (Phi) is 2.05. The van der Waals surface area contributed by atoms with Gasteiger partial charge in [-0.3, -0.25) is 4.79 Å². The zero-order valence-corrected chi connectivity index (χ0v) is 7.49. The van der Waals surface area contributed by atoms with Crippen molar-refractivity contribution in [1.82, 2.24) is 0 Å². The van der Waals surface area contributed by atoms with Crippen LogP contribution in [0, 0.1) is 5.92 Å². The van der Waals surface area contributed by atoms with Gasteiger partial charge in [-0.25, -0.2) is 0 Å². The molecule has 1 aliphatic carbocycles. The maximum Gasteiger partial charge on any atom is 0.166 e. The summed E-state index contributed by atoms with van der Waals surface area (Å²) in [6, 6.07) is 7.25. The number of rotatable bonds is 2. The molecule has 2 heteroatoms. The van der Waals surface area contributed by atoms with Gasteiger partial charge in [0, 0.05) is 17.2 Å². The third-order valence-electron chi connectivity index (χ3n) is 2.65. The molecule has 1 fully saturated rings. The van der Waals surface area contributed by atoms with E-state index in [1.54, 1.807) is 12.1 Å². The second-order valence-corrected chi connectivity index (χ2v) is 3.62. The Hall–Kier alpha value is -1.31. The number of carbonyl (C=O) groups is 1. The standard InChI is InChI=1S/C11H13NO/c12-10-6-2-5-9(7-10)11(13)8-3-1-4-8/h2,5-8H,1,3-4,12H2. The molecule has 0 aliphatic heterocycles. The Morgan fingerprint density at radius 1 is 1.38 bits per heavy atom. The zero-order valence-electron chi connectivity index (χ0n) is 7.49. The molecular weight excluding hydrogens is 162 g/mol. The van der Waals surface area contributed by atoms with Crippen LogP contribution in [0.25, 0.3) is 0 Å². The lowest BCUT2D eigenvalue weighted by molar-refractivity contribution is 0.0855. The van der Waals surface area contributed by atoms with Crippen LogP contribution in [-0.2, 0) is 0 Å². The summed E-state index contributed by atoms with van der Waals surface area (Å²) in [5.74, 6) is 0.528. The molecule has 0 unspecified atom stereocenters. The highest BCUT2D eigenvalue weighted by molar-refractivity contribution is 5.98. The average molecular weight is 175 g/mol. The summed E-state index contributed by atoms with van der Waals surface area (Å²) >= 11 is 0. The highest BCUT2D eigenvalue weighted by Gasteiger charge is 2.25. The van der Waals surface area contributed by atoms with E-state index in [-0.39, 0.29) is 11.7 Å². The molecule has 2 nitrogen and oxygen atoms in total. The van der Waals surface area contributed by atoms with Crippen LogP contribution in [0.2, 0.25) is 0 Å². The van der Waals surface area contributed by atoms with Crippen molar-refractivity contribution in [3.8, 4) is 0 Å². The number of nitrogen functional groups attached to an aromatic ring is 1. The first-order chi connectivity index (χ1) is 6.27. The van der Waals surface area contributed by atoms with Crippen molar-refractivity contribution in [3.05, 3.63) is 29.8 Å². The molecule has 0 aromatic heterocycles. The van der Waals surface area contributed by atoms with Crippen LogP contribution in [0.1, 0.15) is 29.6 Å². The summed E-state index contributed by atoms with van der Waals surface area (Å²) in [6.45, 7) is 0. The maximum absolute atomic E-state index is 11.7. The number of anilines is 1. The Morgan fingerprint density at radius 3 is 2.69 bits per heavy atom. The van der Waals surface area contributed by atoms with E-state index in [0.29, 0.717) is 5.69 Å². The minimum atomic E-state index is 0.263. The van der Waals surface area contributed by atoms with Crippen molar-refractivity contribution >= 4 is 11.5 Å². The summed E-state index contributed by atoms with van der Waals surface area (Å²) in [7, 11) is 0. The maximum atomic E-state index is 11.7. The molecule has 68 valence electrons. The van der Waals surface area contributed by atoms with Crippen molar-refractivity contribution in [2.75, 3.05) is 5.73 Å². The van der Waals surface area contributed by atoms with Crippen molar-refractivity contribution in [2.45, 2.75) is 19.3 Å². The average Bonchev–Trinajstić information content (AvgIpc) is 2.01. The van der Waals surface area contributed by atoms with Crippen molar-refractivity contribution in [2.24, 2.45) is 5.92 Å². The van der Waals surface area contributed by atoms with Crippen LogP contribution in [0.5, 0.6) is 0 Å². The Morgan fingerprint density at radius 2 is 2.15 bits per heavy atom. The number of benzene rings is 1. The molecule has 1 aromatic rings. The molecule has 0 bridgehead atoms. The smallest absolute Gasteiger partial charge is 0.166 e. The van der Waals surface area contributed by atoms with Gasteiger partial charge in [-0.05, 0) is 25.0 Å². The van der Waals surface area contributed by atoms with E-state index < -0.39 is 0 Å². The topological polar surface area (TPSA) is 43.1 Å². The molecular formula is C11H13NO. The lowest BCUT2D eigenvalue weighted by Crippen LogP contribution is -2.21. The molecule has 0 saturated heterocycles. The fourth-order valence-electron chi connectivity index (χ4n) is 1.60. The lowest BCUT2D eigenvalue weighted by Gasteiger charge is -2.23. The van der Waals surface area contributed by atoms with E-state index in [4.69, 9.17) is 5.73 Å². The van der Waals surface area contributed by atoms with Crippen LogP contribution >= 0.6 is 0 Å². The molecule has 0 radical (unpaired) electrons. The van der Waals surface area contributed by atoms with Gasteiger partial charge < -0.3 is 5.73 Å². The van der Waals surface area contributed by atoms with Crippen LogP contribution in [0.15, 0.2) is 24.3 Å². The molecule has 13 heavy (non-hydrogen) atoms. The zero-order chi connectivity index (χ0) is 9.26. The minimum absolute atomic E-state index is 0.263. The van der Waals surface area contributed by atoms with Crippen LogP contribution < -0.4 is 5.73 Å². The molecule has 2 N–H and O–H groups in total. The van der Waals surface area contributed by atoms with E-state index in [9.17, 15) is 4.79 Å². The Labute approximate surface area is 77.8 Å². The quantitative estimate of drug-likeness (QED) is 0.553. The third kappa shape index (κ3) is 1.57. The SMILES string of the molecule is Nc1cccc(C(=O)C2CCC2)c1. The second-order valence-electron chi connectivity index (χ2n) is 3.62. The van der Waals surface area contributed by atoms with Gasteiger partial charge in [0.05, 0.1) is 0 Å². The predicted octanol–water partition coefficient (Wildman–Crippen LogP) is 2.25. The van der Waals surface area contributed by atoms with Crippen molar-refractivity contribution in [3.63, 3.8) is 0 Å². The van der Waals surface area contributed by atoms with E-state index in [0.717, 1.165) is 18.4 Å². The van der Waals surface area contributed by atoms with Gasteiger partial charge in [0.2, 0.25) is 0 Å². The van der Waals surface area contributed by atoms with Gasteiger partial charge >= 0.3 is 0 Å². The van der Waals surface area contributed by atoms with Gasteiger partial charge in [-0.15, -0.1) is 0 Å². The Balaban J connectivity index is 2.19. The van der Waals surface area contributed by atoms with Gasteiger partial charge in [0.1, 0.15) is 0 Å². The summed E-state index contributed by atoms with van der Waals surface area (Å²) in [5, 5.41) is 0. The monoisotopic (exact) mass is 175 g/mol. The highest BCUT2D eigenvalue weighted by Crippen LogP contribution is 2.29. The molecule has 0 atom stereocenters. The van der Waals surface area contributed by atoms with Gasteiger partial charge in [0.25, 0.3) is 0 Å². The lowest BCUT2D eigenvalue weighted by atomic mass is 9.80. The number of ketones is 1. The fourth-order valence-corrected chi connectivity index (χ4v) is 1.60. The number of nitrogens with two attached hydrogens (primary N) is 1. The van der Waals surface area contributed by atoms with Crippen LogP contribution in [-0.4, -0.2) is 5.78 Å². The Bertz CT molecular complexity index is 329. The molecule has 0 heterocycles. The predicted molar refractivity (Wildman–Crippen MR) is 52.5 cm³/mol. The first-order valence-electron chi connectivity index (χ1n) is 4.67. The van der Waals surface area contributed by atoms with Gasteiger partial charge in [-0.1, -0.05) is 18.6 Å². The third-order valence-corrected chi connectivity index (χ3v) is 2.65. The van der Waals surface area contributed by atoms with Crippen molar-refractivity contribution < 1.29 is 4.79 Å². The second kappa shape index (κ2) is 3.21. The fraction of sp³-hybridized carbons (Fsp3) is 0.364. The van der Waals surface area contributed by atoms with Crippen LogP contribution in [0.3, 0.4) is 0 Å². The van der Waals surface area contributed by atoms with E-state index in [1.807, 2.05) is 12.1 Å². The summed E-state index contributed by atoms with van der Waals surface area (Å²) in [5.41, 5.74) is 7.04. The van der Waals surface area contributed by atoms with E-state index in [2.05, 4.69) is 0 Å². The number of hydrogen-bond acceptors (Lipinski definition) is 2. The number of carbonyl (C=O) groups excluding carboxylic acids is 1. The molecule has 0 amide bonds. The van der Waals surface area contributed by atoms with Crippen molar-refractivity contribution in [1.29, 1.82) is 0 Å². The molecule has 0 spiro atoms. The first kappa shape index (κ1) is 8.30. The normalized spacial score (nSPS) is 16.6. The highest BCUT2D eigenvalue weighted by atomic mass is 16.1.